The van der Waals surface area contributed by atoms with Gasteiger partial charge in [0.1, 0.15) is 6.79 Å². The molecule has 0 bridgehead atoms. The number of hydrogen-bond acceptors (Lipinski definition) is 4. The van der Waals surface area contributed by atoms with Crippen molar-refractivity contribution in [2.75, 3.05) is 34.2 Å². The monoisotopic (exact) mass is 232 g/mol. The first-order valence-corrected chi connectivity index (χ1v) is 6.09. The minimum absolute atomic E-state index is 0.284. The van der Waals surface area contributed by atoms with E-state index in [9.17, 15) is 0 Å². The van der Waals surface area contributed by atoms with Crippen molar-refractivity contribution in [2.24, 2.45) is 0 Å². The quantitative estimate of drug-likeness (QED) is 0.451. The molecule has 1 aliphatic rings. The van der Waals surface area contributed by atoms with Crippen LogP contribution in [-0.2, 0) is 18.9 Å². The van der Waals surface area contributed by atoms with Gasteiger partial charge in [-0.05, 0) is 19.3 Å². The van der Waals surface area contributed by atoms with E-state index >= 15 is 0 Å². The lowest BCUT2D eigenvalue weighted by molar-refractivity contribution is -0.197. The summed E-state index contributed by atoms with van der Waals surface area (Å²) in [5, 5.41) is 0. The van der Waals surface area contributed by atoms with Gasteiger partial charge >= 0.3 is 0 Å². The molecule has 1 aliphatic heterocycles. The lowest BCUT2D eigenvalue weighted by Gasteiger charge is -2.26. The maximum Gasteiger partial charge on any atom is 0.167 e. The molecule has 0 saturated carbocycles. The van der Waals surface area contributed by atoms with Gasteiger partial charge in [-0.25, -0.2) is 0 Å². The summed E-state index contributed by atoms with van der Waals surface area (Å²) in [6, 6.07) is 0. The highest BCUT2D eigenvalue weighted by Gasteiger charge is 2.34. The van der Waals surface area contributed by atoms with Crippen LogP contribution in [0.1, 0.15) is 38.5 Å². The second-order valence-electron chi connectivity index (χ2n) is 4.19. The zero-order valence-electron chi connectivity index (χ0n) is 10.5. The van der Waals surface area contributed by atoms with E-state index in [1.165, 1.54) is 0 Å². The summed E-state index contributed by atoms with van der Waals surface area (Å²) in [4.78, 5) is 0. The molecule has 1 fully saturated rings. The SMILES string of the molecule is COCOCCCCCC1(OC)CCCO1. The summed E-state index contributed by atoms with van der Waals surface area (Å²) in [6.45, 7) is 2.00. The van der Waals surface area contributed by atoms with Gasteiger partial charge in [-0.15, -0.1) is 0 Å². The molecule has 4 heteroatoms. The molecule has 0 radical (unpaired) electrons. The summed E-state index contributed by atoms with van der Waals surface area (Å²) in [5.41, 5.74) is 0. The van der Waals surface area contributed by atoms with E-state index in [1.54, 1.807) is 14.2 Å². The molecule has 0 aromatic rings. The van der Waals surface area contributed by atoms with Gasteiger partial charge in [-0.1, -0.05) is 6.42 Å². The van der Waals surface area contributed by atoms with Crippen LogP contribution in [0.15, 0.2) is 0 Å². The van der Waals surface area contributed by atoms with Crippen LogP contribution in [0, 0.1) is 0 Å². The van der Waals surface area contributed by atoms with Crippen LogP contribution in [-0.4, -0.2) is 40.0 Å². The van der Waals surface area contributed by atoms with E-state index in [-0.39, 0.29) is 5.79 Å². The Labute approximate surface area is 98.2 Å². The first-order chi connectivity index (χ1) is 7.83. The van der Waals surface area contributed by atoms with E-state index in [4.69, 9.17) is 18.9 Å². The fourth-order valence-electron chi connectivity index (χ4n) is 2.05. The third-order valence-corrected chi connectivity index (χ3v) is 2.99. The smallest absolute Gasteiger partial charge is 0.167 e. The fraction of sp³-hybridized carbons (Fsp3) is 1.00. The van der Waals surface area contributed by atoms with Gasteiger partial charge in [0, 0.05) is 33.7 Å². The summed E-state index contributed by atoms with van der Waals surface area (Å²) < 4.78 is 21.2. The lowest BCUT2D eigenvalue weighted by atomic mass is 10.0. The van der Waals surface area contributed by atoms with E-state index < -0.39 is 0 Å². The predicted molar refractivity (Wildman–Crippen MR) is 61.2 cm³/mol. The number of ether oxygens (including phenoxy) is 4. The zero-order valence-corrected chi connectivity index (χ0v) is 10.5. The van der Waals surface area contributed by atoms with Gasteiger partial charge in [-0.2, -0.15) is 0 Å². The first kappa shape index (κ1) is 13.9. The molecule has 0 aliphatic carbocycles. The molecular formula is C12H24O4. The minimum Gasteiger partial charge on any atom is -0.359 e. The minimum atomic E-state index is -0.284. The van der Waals surface area contributed by atoms with Gasteiger partial charge in [0.2, 0.25) is 0 Å². The molecule has 1 atom stereocenters. The molecule has 0 N–H and O–H groups in total. The molecule has 0 aromatic heterocycles. The van der Waals surface area contributed by atoms with Gasteiger partial charge in [0.05, 0.1) is 6.61 Å². The van der Waals surface area contributed by atoms with Crippen molar-refractivity contribution >= 4 is 0 Å². The summed E-state index contributed by atoms with van der Waals surface area (Å²) in [7, 11) is 3.38. The fourth-order valence-corrected chi connectivity index (χ4v) is 2.05. The van der Waals surface area contributed by atoms with Crippen LogP contribution < -0.4 is 0 Å². The molecule has 1 heterocycles. The molecule has 0 aromatic carbocycles. The molecule has 1 unspecified atom stereocenters. The molecule has 96 valence electrons. The Hall–Kier alpha value is -0.160. The van der Waals surface area contributed by atoms with Crippen LogP contribution in [0.2, 0.25) is 0 Å². The Morgan fingerprint density at radius 2 is 2.06 bits per heavy atom. The average molecular weight is 232 g/mol. The topological polar surface area (TPSA) is 36.9 Å². The number of rotatable bonds is 9. The second kappa shape index (κ2) is 8.01. The summed E-state index contributed by atoms with van der Waals surface area (Å²) in [5.74, 6) is -0.284. The lowest BCUT2D eigenvalue weighted by Crippen LogP contribution is -2.29. The Bertz CT molecular complexity index is 166. The van der Waals surface area contributed by atoms with Crippen molar-refractivity contribution < 1.29 is 18.9 Å². The van der Waals surface area contributed by atoms with E-state index in [2.05, 4.69) is 0 Å². The van der Waals surface area contributed by atoms with E-state index in [1.807, 2.05) is 0 Å². The maximum absolute atomic E-state index is 5.66. The summed E-state index contributed by atoms with van der Waals surface area (Å²) >= 11 is 0. The Balaban J connectivity index is 1.97. The normalized spacial score (nSPS) is 25.1. The first-order valence-electron chi connectivity index (χ1n) is 6.09. The van der Waals surface area contributed by atoms with Gasteiger partial charge < -0.3 is 18.9 Å². The van der Waals surface area contributed by atoms with E-state index in [0.29, 0.717) is 6.79 Å². The van der Waals surface area contributed by atoms with Crippen molar-refractivity contribution in [3.63, 3.8) is 0 Å². The molecule has 0 amide bonds. The third kappa shape index (κ3) is 4.78. The Morgan fingerprint density at radius 1 is 1.19 bits per heavy atom. The summed E-state index contributed by atoms with van der Waals surface area (Å²) in [6.07, 6.45) is 6.49. The van der Waals surface area contributed by atoms with Crippen molar-refractivity contribution in [3.05, 3.63) is 0 Å². The van der Waals surface area contributed by atoms with Gasteiger partial charge in [-0.3, -0.25) is 0 Å². The van der Waals surface area contributed by atoms with Gasteiger partial charge in [0.25, 0.3) is 0 Å². The average Bonchev–Trinajstić information content (AvgIpc) is 2.77. The van der Waals surface area contributed by atoms with Crippen LogP contribution >= 0.6 is 0 Å². The standard InChI is InChI=1S/C12H24O4/c1-13-11-15-9-5-3-4-7-12(14-2)8-6-10-16-12/h3-11H2,1-2H3. The largest absolute Gasteiger partial charge is 0.359 e. The van der Waals surface area contributed by atoms with Crippen LogP contribution in [0.3, 0.4) is 0 Å². The highest BCUT2D eigenvalue weighted by Crippen LogP contribution is 2.31. The Morgan fingerprint density at radius 3 is 2.69 bits per heavy atom. The Kier molecular flexibility index (Phi) is 6.96. The third-order valence-electron chi connectivity index (χ3n) is 2.99. The highest BCUT2D eigenvalue weighted by molar-refractivity contribution is 4.74. The van der Waals surface area contributed by atoms with E-state index in [0.717, 1.165) is 51.7 Å². The number of unbranched alkanes of at least 4 members (excludes halogenated alkanes) is 2. The maximum atomic E-state index is 5.66. The number of methoxy groups -OCH3 is 2. The van der Waals surface area contributed by atoms with Crippen LogP contribution in [0.4, 0.5) is 0 Å². The molecule has 1 rings (SSSR count). The molecule has 4 nitrogen and oxygen atoms in total. The molecule has 1 saturated heterocycles. The van der Waals surface area contributed by atoms with Crippen molar-refractivity contribution in [1.29, 1.82) is 0 Å². The van der Waals surface area contributed by atoms with Crippen LogP contribution in [0.25, 0.3) is 0 Å². The molecule has 0 spiro atoms. The highest BCUT2D eigenvalue weighted by atomic mass is 16.7. The van der Waals surface area contributed by atoms with Crippen molar-refractivity contribution in [3.8, 4) is 0 Å². The predicted octanol–water partition coefficient (Wildman–Crippen LogP) is 2.32. The second-order valence-corrected chi connectivity index (χ2v) is 4.19. The van der Waals surface area contributed by atoms with Crippen molar-refractivity contribution in [1.82, 2.24) is 0 Å². The number of hydrogen-bond donors (Lipinski definition) is 0. The molecular weight excluding hydrogens is 208 g/mol. The van der Waals surface area contributed by atoms with Crippen molar-refractivity contribution in [2.45, 2.75) is 44.3 Å². The molecule has 16 heavy (non-hydrogen) atoms. The zero-order chi connectivity index (χ0) is 11.7. The van der Waals surface area contributed by atoms with Gasteiger partial charge in [0.15, 0.2) is 5.79 Å². The van der Waals surface area contributed by atoms with Crippen LogP contribution in [0.5, 0.6) is 0 Å².